The Kier molecular flexibility index (Phi) is 11.1. The van der Waals surface area contributed by atoms with Gasteiger partial charge in [-0.1, -0.05) is 60.7 Å². The van der Waals surface area contributed by atoms with E-state index in [2.05, 4.69) is 10.6 Å². The maximum absolute atomic E-state index is 12.8. The Bertz CT molecular complexity index is 764. The summed E-state index contributed by atoms with van der Waals surface area (Å²) < 4.78 is 16.3. The van der Waals surface area contributed by atoms with Crippen molar-refractivity contribution in [3.05, 3.63) is 71.8 Å². The standard InChI is InChI=1S/C24H32N2O5/c1-3-29-22(30-4-2)15-16-25-23(27)21(17-19-11-7-5-8-12-19)26-24(28)31-18-20-13-9-6-10-14-20/h5-14,21-22H,3-4,15-18H2,1-2H3,(H,25,27)(H,26,28). The number of carbonyl (C=O) groups is 2. The van der Waals surface area contributed by atoms with Crippen LogP contribution >= 0.6 is 0 Å². The smallest absolute Gasteiger partial charge is 0.408 e. The Balaban J connectivity index is 1.91. The quantitative estimate of drug-likeness (QED) is 0.478. The van der Waals surface area contributed by atoms with Gasteiger partial charge in [-0.2, -0.15) is 0 Å². The number of hydrogen-bond acceptors (Lipinski definition) is 5. The van der Waals surface area contributed by atoms with Gasteiger partial charge in [0.15, 0.2) is 6.29 Å². The first-order valence-electron chi connectivity index (χ1n) is 10.6. The van der Waals surface area contributed by atoms with Crippen LogP contribution in [-0.4, -0.2) is 44.1 Å². The molecule has 2 aromatic carbocycles. The average Bonchev–Trinajstić information content (AvgIpc) is 2.79. The third-order valence-corrected chi connectivity index (χ3v) is 4.49. The second-order valence-electron chi connectivity index (χ2n) is 6.87. The van der Waals surface area contributed by atoms with Gasteiger partial charge in [0.1, 0.15) is 12.6 Å². The van der Waals surface area contributed by atoms with Crippen LogP contribution in [0.2, 0.25) is 0 Å². The lowest BCUT2D eigenvalue weighted by molar-refractivity contribution is -0.140. The summed E-state index contributed by atoms with van der Waals surface area (Å²) in [6.07, 6.45) is -0.134. The Labute approximate surface area is 184 Å². The molecule has 31 heavy (non-hydrogen) atoms. The van der Waals surface area contributed by atoms with Crippen molar-refractivity contribution in [3.63, 3.8) is 0 Å². The summed E-state index contributed by atoms with van der Waals surface area (Å²) in [4.78, 5) is 25.1. The van der Waals surface area contributed by atoms with Crippen molar-refractivity contribution < 1.29 is 23.8 Å². The van der Waals surface area contributed by atoms with Gasteiger partial charge in [0.05, 0.1) is 0 Å². The summed E-state index contributed by atoms with van der Waals surface area (Å²) in [5.74, 6) is -0.285. The molecule has 0 aliphatic carbocycles. The van der Waals surface area contributed by atoms with Gasteiger partial charge in [-0.15, -0.1) is 0 Å². The van der Waals surface area contributed by atoms with Crippen LogP contribution in [0.25, 0.3) is 0 Å². The van der Waals surface area contributed by atoms with E-state index in [-0.39, 0.29) is 18.8 Å². The molecule has 0 fully saturated rings. The van der Waals surface area contributed by atoms with Crippen molar-refractivity contribution in [3.8, 4) is 0 Å². The van der Waals surface area contributed by atoms with Gasteiger partial charge in [0.2, 0.25) is 5.91 Å². The molecule has 1 unspecified atom stereocenters. The highest BCUT2D eigenvalue weighted by Gasteiger charge is 2.22. The molecule has 0 heterocycles. The molecule has 1 atom stereocenters. The van der Waals surface area contributed by atoms with Gasteiger partial charge in [-0.25, -0.2) is 4.79 Å². The molecule has 2 amide bonds. The highest BCUT2D eigenvalue weighted by atomic mass is 16.7. The molecule has 0 aliphatic rings. The van der Waals surface area contributed by atoms with E-state index in [4.69, 9.17) is 14.2 Å². The Morgan fingerprint density at radius 2 is 1.45 bits per heavy atom. The number of benzene rings is 2. The van der Waals surface area contributed by atoms with Crippen molar-refractivity contribution in [2.24, 2.45) is 0 Å². The fraction of sp³-hybridized carbons (Fsp3) is 0.417. The molecular formula is C24H32N2O5. The zero-order valence-corrected chi connectivity index (χ0v) is 18.2. The monoisotopic (exact) mass is 428 g/mol. The molecule has 7 nitrogen and oxygen atoms in total. The van der Waals surface area contributed by atoms with Crippen molar-refractivity contribution in [2.75, 3.05) is 19.8 Å². The van der Waals surface area contributed by atoms with E-state index in [0.717, 1.165) is 11.1 Å². The van der Waals surface area contributed by atoms with Gasteiger partial charge in [-0.3, -0.25) is 4.79 Å². The molecule has 0 spiro atoms. The fourth-order valence-corrected chi connectivity index (χ4v) is 2.99. The van der Waals surface area contributed by atoms with Crippen molar-refractivity contribution >= 4 is 12.0 Å². The van der Waals surface area contributed by atoms with Crippen molar-refractivity contribution in [2.45, 2.75) is 45.6 Å². The van der Waals surface area contributed by atoms with Gasteiger partial charge < -0.3 is 24.8 Å². The van der Waals surface area contributed by atoms with E-state index in [1.165, 1.54) is 0 Å². The van der Waals surface area contributed by atoms with E-state index < -0.39 is 12.1 Å². The predicted octanol–water partition coefficient (Wildman–Crippen LogP) is 3.43. The SMILES string of the molecule is CCOC(CCNC(=O)C(Cc1ccccc1)NC(=O)OCc1ccccc1)OCC. The molecule has 0 aromatic heterocycles. The third-order valence-electron chi connectivity index (χ3n) is 4.49. The Morgan fingerprint density at radius 3 is 2.03 bits per heavy atom. The molecule has 2 rings (SSSR count). The number of nitrogens with one attached hydrogen (secondary N) is 2. The van der Waals surface area contributed by atoms with Gasteiger partial charge in [0, 0.05) is 32.6 Å². The first-order valence-corrected chi connectivity index (χ1v) is 10.6. The predicted molar refractivity (Wildman–Crippen MR) is 118 cm³/mol. The number of amides is 2. The molecule has 0 bridgehead atoms. The number of carbonyl (C=O) groups excluding carboxylic acids is 2. The second kappa shape index (κ2) is 14.2. The van der Waals surface area contributed by atoms with Crippen molar-refractivity contribution in [1.82, 2.24) is 10.6 Å². The summed E-state index contributed by atoms with van der Waals surface area (Å²) >= 11 is 0. The molecule has 2 N–H and O–H groups in total. The molecular weight excluding hydrogens is 396 g/mol. The Hall–Kier alpha value is -2.90. The molecule has 7 heteroatoms. The number of ether oxygens (including phenoxy) is 3. The molecule has 2 aromatic rings. The molecule has 0 saturated carbocycles. The second-order valence-corrected chi connectivity index (χ2v) is 6.87. The Morgan fingerprint density at radius 1 is 0.871 bits per heavy atom. The molecule has 0 radical (unpaired) electrons. The number of rotatable bonds is 13. The van der Waals surface area contributed by atoms with Crippen LogP contribution in [0.5, 0.6) is 0 Å². The lowest BCUT2D eigenvalue weighted by Gasteiger charge is -2.20. The first kappa shape index (κ1) is 24.4. The minimum atomic E-state index is -0.761. The van der Waals surface area contributed by atoms with E-state index in [9.17, 15) is 9.59 Å². The topological polar surface area (TPSA) is 85.9 Å². The summed E-state index contributed by atoms with van der Waals surface area (Å²) in [5, 5.41) is 5.55. The minimum Gasteiger partial charge on any atom is -0.445 e. The molecule has 0 saturated heterocycles. The lowest BCUT2D eigenvalue weighted by Crippen LogP contribution is -2.48. The van der Waals surface area contributed by atoms with Gasteiger partial charge >= 0.3 is 6.09 Å². The van der Waals surface area contributed by atoms with Crippen molar-refractivity contribution in [1.29, 1.82) is 0 Å². The van der Waals surface area contributed by atoms with Crippen LogP contribution in [0, 0.1) is 0 Å². The minimum absolute atomic E-state index is 0.136. The van der Waals surface area contributed by atoms with Crippen LogP contribution in [0.15, 0.2) is 60.7 Å². The van der Waals surface area contributed by atoms with E-state index in [1.807, 2.05) is 74.5 Å². The summed E-state index contributed by atoms with van der Waals surface area (Å²) in [7, 11) is 0. The maximum atomic E-state index is 12.8. The molecule has 168 valence electrons. The van der Waals surface area contributed by atoms with E-state index >= 15 is 0 Å². The highest BCUT2D eigenvalue weighted by molar-refractivity contribution is 5.85. The summed E-state index contributed by atoms with van der Waals surface area (Å²) in [5.41, 5.74) is 1.81. The number of alkyl carbamates (subject to hydrolysis) is 1. The maximum Gasteiger partial charge on any atom is 0.408 e. The number of hydrogen-bond donors (Lipinski definition) is 2. The molecule has 0 aliphatic heterocycles. The lowest BCUT2D eigenvalue weighted by atomic mass is 10.1. The van der Waals surface area contributed by atoms with Crippen LogP contribution in [-0.2, 0) is 32.0 Å². The van der Waals surface area contributed by atoms with E-state index in [0.29, 0.717) is 32.6 Å². The zero-order valence-electron chi connectivity index (χ0n) is 18.2. The highest BCUT2D eigenvalue weighted by Crippen LogP contribution is 2.06. The largest absolute Gasteiger partial charge is 0.445 e. The zero-order chi connectivity index (χ0) is 22.3. The van der Waals surface area contributed by atoms with Crippen LogP contribution in [0.4, 0.5) is 4.79 Å². The first-order chi connectivity index (χ1) is 15.1. The van der Waals surface area contributed by atoms with E-state index in [1.54, 1.807) is 0 Å². The fourth-order valence-electron chi connectivity index (χ4n) is 2.99. The van der Waals surface area contributed by atoms with Gasteiger partial charge in [0.25, 0.3) is 0 Å². The average molecular weight is 429 g/mol. The van der Waals surface area contributed by atoms with Gasteiger partial charge in [-0.05, 0) is 25.0 Å². The summed E-state index contributed by atoms with van der Waals surface area (Å²) in [6, 6.07) is 18.1. The van der Waals surface area contributed by atoms with Crippen LogP contribution in [0.3, 0.4) is 0 Å². The van der Waals surface area contributed by atoms with Crippen LogP contribution < -0.4 is 10.6 Å². The van der Waals surface area contributed by atoms with Crippen LogP contribution in [0.1, 0.15) is 31.4 Å². The summed E-state index contributed by atoms with van der Waals surface area (Å²) in [6.45, 7) is 5.36. The normalized spacial score (nSPS) is 11.7. The third kappa shape index (κ3) is 9.63.